The molecule has 0 saturated heterocycles. The number of nitrogens with zero attached hydrogens (tertiary/aromatic N) is 2. The smallest absolute Gasteiger partial charge is 0.0969 e. The van der Waals surface area contributed by atoms with Crippen LogP contribution in [0.1, 0.15) is 18.2 Å². The molecule has 0 spiro atoms. The molecular formula is C11H14N4. The van der Waals surface area contributed by atoms with Gasteiger partial charge in [-0.15, -0.1) is 0 Å². The molecule has 0 aromatic carbocycles. The molecule has 4 nitrogen and oxygen atoms in total. The van der Waals surface area contributed by atoms with Crippen LogP contribution in [0.2, 0.25) is 0 Å². The average Bonchev–Trinajstić information content (AvgIpc) is 2.72. The van der Waals surface area contributed by atoms with E-state index in [2.05, 4.69) is 22.1 Å². The van der Waals surface area contributed by atoms with Gasteiger partial charge in [0.1, 0.15) is 0 Å². The second-order valence-corrected chi connectivity index (χ2v) is 3.32. The molecule has 2 rings (SSSR count). The van der Waals surface area contributed by atoms with Crippen molar-refractivity contribution in [3.05, 3.63) is 35.8 Å². The van der Waals surface area contributed by atoms with Crippen molar-refractivity contribution in [3.63, 3.8) is 0 Å². The SMILES string of the molecule is CCc1[nH]nc(-c2ccncc2)c1CN. The fourth-order valence-electron chi connectivity index (χ4n) is 1.66. The van der Waals surface area contributed by atoms with E-state index in [4.69, 9.17) is 5.73 Å². The fraction of sp³-hybridized carbons (Fsp3) is 0.273. The van der Waals surface area contributed by atoms with E-state index in [1.54, 1.807) is 12.4 Å². The lowest BCUT2D eigenvalue weighted by atomic mass is 10.1. The molecule has 3 N–H and O–H groups in total. The molecule has 2 aromatic rings. The molecule has 0 amide bonds. The van der Waals surface area contributed by atoms with Crippen molar-refractivity contribution in [2.24, 2.45) is 5.73 Å². The molecule has 0 aliphatic carbocycles. The topological polar surface area (TPSA) is 67.6 Å². The molecular weight excluding hydrogens is 188 g/mol. The minimum atomic E-state index is 0.511. The standard InChI is InChI=1S/C11H14N4/c1-2-10-9(7-12)11(15-14-10)8-3-5-13-6-4-8/h3-6H,2,7,12H2,1H3,(H,14,15). The van der Waals surface area contributed by atoms with Crippen LogP contribution < -0.4 is 5.73 Å². The Morgan fingerprint density at radius 3 is 2.67 bits per heavy atom. The third kappa shape index (κ3) is 1.76. The number of H-pyrrole nitrogens is 1. The molecule has 2 heterocycles. The first-order valence-corrected chi connectivity index (χ1v) is 5.03. The minimum absolute atomic E-state index is 0.511. The number of aromatic amines is 1. The van der Waals surface area contributed by atoms with Crippen LogP contribution in [-0.2, 0) is 13.0 Å². The number of nitrogens with two attached hydrogens (primary N) is 1. The van der Waals surface area contributed by atoms with Crippen LogP contribution in [0.25, 0.3) is 11.3 Å². The highest BCUT2D eigenvalue weighted by atomic mass is 15.1. The maximum atomic E-state index is 5.73. The van der Waals surface area contributed by atoms with Crippen molar-refractivity contribution < 1.29 is 0 Å². The monoisotopic (exact) mass is 202 g/mol. The van der Waals surface area contributed by atoms with Crippen LogP contribution in [0, 0.1) is 0 Å². The predicted molar refractivity (Wildman–Crippen MR) is 59.1 cm³/mol. The van der Waals surface area contributed by atoms with Gasteiger partial charge in [0.25, 0.3) is 0 Å². The summed E-state index contributed by atoms with van der Waals surface area (Å²) in [7, 11) is 0. The molecule has 0 radical (unpaired) electrons. The van der Waals surface area contributed by atoms with Gasteiger partial charge in [-0.05, 0) is 18.6 Å². The lowest BCUT2D eigenvalue weighted by Crippen LogP contribution is -2.00. The molecule has 0 bridgehead atoms. The van der Waals surface area contributed by atoms with Crippen molar-refractivity contribution in [2.45, 2.75) is 19.9 Å². The number of aromatic nitrogens is 3. The number of hydrogen-bond acceptors (Lipinski definition) is 3. The summed E-state index contributed by atoms with van der Waals surface area (Å²) < 4.78 is 0. The van der Waals surface area contributed by atoms with Crippen molar-refractivity contribution >= 4 is 0 Å². The second-order valence-electron chi connectivity index (χ2n) is 3.32. The maximum Gasteiger partial charge on any atom is 0.0969 e. The molecule has 0 atom stereocenters. The minimum Gasteiger partial charge on any atom is -0.326 e. The van der Waals surface area contributed by atoms with Crippen LogP contribution in [0.4, 0.5) is 0 Å². The highest BCUT2D eigenvalue weighted by Gasteiger charge is 2.11. The summed E-state index contributed by atoms with van der Waals surface area (Å²) in [4.78, 5) is 3.98. The van der Waals surface area contributed by atoms with Crippen LogP contribution in [0.3, 0.4) is 0 Å². The Balaban J connectivity index is 2.49. The van der Waals surface area contributed by atoms with E-state index in [9.17, 15) is 0 Å². The van der Waals surface area contributed by atoms with Gasteiger partial charge in [-0.1, -0.05) is 6.92 Å². The molecule has 0 unspecified atom stereocenters. The van der Waals surface area contributed by atoms with Crippen LogP contribution in [0.5, 0.6) is 0 Å². The Labute approximate surface area is 88.5 Å². The van der Waals surface area contributed by atoms with E-state index in [0.29, 0.717) is 6.54 Å². The van der Waals surface area contributed by atoms with E-state index in [1.807, 2.05) is 12.1 Å². The van der Waals surface area contributed by atoms with E-state index in [-0.39, 0.29) is 0 Å². The lowest BCUT2D eigenvalue weighted by Gasteiger charge is -2.00. The van der Waals surface area contributed by atoms with Gasteiger partial charge in [0.2, 0.25) is 0 Å². The van der Waals surface area contributed by atoms with Crippen molar-refractivity contribution in [1.82, 2.24) is 15.2 Å². The Hall–Kier alpha value is -1.68. The summed E-state index contributed by atoms with van der Waals surface area (Å²) >= 11 is 0. The van der Waals surface area contributed by atoms with E-state index >= 15 is 0 Å². The molecule has 0 saturated carbocycles. The third-order valence-corrected chi connectivity index (χ3v) is 2.46. The number of nitrogens with one attached hydrogen (secondary N) is 1. The molecule has 0 aliphatic heterocycles. The van der Waals surface area contributed by atoms with Gasteiger partial charge >= 0.3 is 0 Å². The van der Waals surface area contributed by atoms with Crippen molar-refractivity contribution in [3.8, 4) is 11.3 Å². The summed E-state index contributed by atoms with van der Waals surface area (Å²) in [5.74, 6) is 0. The Morgan fingerprint density at radius 1 is 1.33 bits per heavy atom. The fourth-order valence-corrected chi connectivity index (χ4v) is 1.66. The zero-order chi connectivity index (χ0) is 10.7. The van der Waals surface area contributed by atoms with Gasteiger partial charge in [-0.3, -0.25) is 10.1 Å². The normalized spacial score (nSPS) is 10.5. The molecule has 2 aromatic heterocycles. The van der Waals surface area contributed by atoms with Gasteiger partial charge in [-0.25, -0.2) is 0 Å². The van der Waals surface area contributed by atoms with E-state index in [1.165, 1.54) is 0 Å². The number of aryl methyl sites for hydroxylation is 1. The first-order chi connectivity index (χ1) is 7.36. The predicted octanol–water partition coefficient (Wildman–Crippen LogP) is 1.49. The van der Waals surface area contributed by atoms with E-state index in [0.717, 1.165) is 28.9 Å². The summed E-state index contributed by atoms with van der Waals surface area (Å²) in [6.07, 6.45) is 4.44. The van der Waals surface area contributed by atoms with Crippen LogP contribution in [-0.4, -0.2) is 15.2 Å². The Morgan fingerprint density at radius 2 is 2.07 bits per heavy atom. The summed E-state index contributed by atoms with van der Waals surface area (Å²) in [6, 6.07) is 3.88. The lowest BCUT2D eigenvalue weighted by molar-refractivity contribution is 0.948. The highest BCUT2D eigenvalue weighted by Crippen LogP contribution is 2.22. The molecule has 78 valence electrons. The van der Waals surface area contributed by atoms with Crippen LogP contribution in [0.15, 0.2) is 24.5 Å². The first-order valence-electron chi connectivity index (χ1n) is 5.03. The van der Waals surface area contributed by atoms with Gasteiger partial charge in [-0.2, -0.15) is 5.10 Å². The maximum absolute atomic E-state index is 5.73. The summed E-state index contributed by atoms with van der Waals surface area (Å²) in [6.45, 7) is 2.60. The number of hydrogen-bond donors (Lipinski definition) is 2. The van der Waals surface area contributed by atoms with Crippen molar-refractivity contribution in [2.75, 3.05) is 0 Å². The van der Waals surface area contributed by atoms with Gasteiger partial charge in [0.15, 0.2) is 0 Å². The first kappa shape index (κ1) is 9.86. The number of pyridine rings is 1. The molecule has 0 fully saturated rings. The quantitative estimate of drug-likeness (QED) is 0.792. The molecule has 0 aliphatic rings. The summed E-state index contributed by atoms with van der Waals surface area (Å²) in [5.41, 5.74) is 9.95. The third-order valence-electron chi connectivity index (χ3n) is 2.46. The van der Waals surface area contributed by atoms with E-state index < -0.39 is 0 Å². The average molecular weight is 202 g/mol. The molecule has 4 heteroatoms. The highest BCUT2D eigenvalue weighted by molar-refractivity contribution is 5.63. The van der Waals surface area contributed by atoms with Crippen molar-refractivity contribution in [1.29, 1.82) is 0 Å². The Kier molecular flexibility index (Phi) is 2.78. The number of rotatable bonds is 3. The summed E-state index contributed by atoms with van der Waals surface area (Å²) in [5, 5.41) is 7.32. The van der Waals surface area contributed by atoms with Crippen LogP contribution >= 0.6 is 0 Å². The second kappa shape index (κ2) is 4.23. The zero-order valence-electron chi connectivity index (χ0n) is 8.70. The zero-order valence-corrected chi connectivity index (χ0v) is 8.70. The van der Waals surface area contributed by atoms with Gasteiger partial charge in [0, 0.05) is 35.8 Å². The van der Waals surface area contributed by atoms with Gasteiger partial charge < -0.3 is 5.73 Å². The largest absolute Gasteiger partial charge is 0.326 e. The van der Waals surface area contributed by atoms with Gasteiger partial charge in [0.05, 0.1) is 5.69 Å². The Bertz CT molecular complexity index is 433. The molecule has 15 heavy (non-hydrogen) atoms.